The molecule has 1 atom stereocenters. The molecule has 0 radical (unpaired) electrons. The maximum Gasteiger partial charge on any atom is 0.223 e. The fourth-order valence-corrected chi connectivity index (χ4v) is 2.91. The zero-order valence-electron chi connectivity index (χ0n) is 10.4. The lowest BCUT2D eigenvalue weighted by molar-refractivity contribution is 1.06. The Balaban J connectivity index is 1.95. The number of hydrogen-bond donors (Lipinski definition) is 2. The summed E-state index contributed by atoms with van der Waals surface area (Å²) in [6, 6.07) is 10.3. The number of nitrogens with two attached hydrogens (primary N) is 1. The number of thioether (sulfide) groups is 1. The third-order valence-electron chi connectivity index (χ3n) is 2.83. The number of nitrogens with zero attached hydrogens (tertiary/aromatic N) is 3. The van der Waals surface area contributed by atoms with Crippen molar-refractivity contribution < 1.29 is 0 Å². The molecule has 0 aliphatic carbocycles. The van der Waals surface area contributed by atoms with Crippen LogP contribution in [0.5, 0.6) is 0 Å². The Kier molecular flexibility index (Phi) is 3.08. The molecular weight excluding hydrogens is 258 g/mol. The summed E-state index contributed by atoms with van der Waals surface area (Å²) in [7, 11) is 0. The van der Waals surface area contributed by atoms with Gasteiger partial charge in [0.2, 0.25) is 5.95 Å². The summed E-state index contributed by atoms with van der Waals surface area (Å²) in [5.74, 6) is 0.252. The second-order valence-corrected chi connectivity index (χ2v) is 5.49. The van der Waals surface area contributed by atoms with E-state index in [-0.39, 0.29) is 11.2 Å². The van der Waals surface area contributed by atoms with Gasteiger partial charge in [-0.1, -0.05) is 42.1 Å². The van der Waals surface area contributed by atoms with Crippen LogP contribution in [0.25, 0.3) is 11.2 Å². The largest absolute Gasteiger partial charge is 0.368 e. The van der Waals surface area contributed by atoms with E-state index in [0.717, 1.165) is 10.5 Å². The fraction of sp³-hybridized carbons (Fsp3) is 0.154. The van der Waals surface area contributed by atoms with Crippen molar-refractivity contribution >= 4 is 28.9 Å². The molecule has 6 heteroatoms. The predicted molar refractivity (Wildman–Crippen MR) is 76.8 cm³/mol. The first-order valence-corrected chi connectivity index (χ1v) is 6.80. The summed E-state index contributed by atoms with van der Waals surface area (Å²) >= 11 is 1.64. The van der Waals surface area contributed by atoms with Crippen molar-refractivity contribution in [1.82, 2.24) is 19.9 Å². The molecule has 0 fully saturated rings. The molecule has 1 unspecified atom stereocenters. The zero-order chi connectivity index (χ0) is 13.2. The van der Waals surface area contributed by atoms with Gasteiger partial charge in [-0.3, -0.25) is 0 Å². The van der Waals surface area contributed by atoms with Crippen LogP contribution >= 0.6 is 11.8 Å². The molecule has 2 aromatic heterocycles. The van der Waals surface area contributed by atoms with E-state index >= 15 is 0 Å². The first kappa shape index (κ1) is 12.0. The van der Waals surface area contributed by atoms with Crippen LogP contribution in [0, 0.1) is 0 Å². The second kappa shape index (κ2) is 4.89. The van der Waals surface area contributed by atoms with Crippen molar-refractivity contribution in [2.75, 3.05) is 5.73 Å². The molecule has 96 valence electrons. The van der Waals surface area contributed by atoms with Gasteiger partial charge in [0.05, 0.1) is 6.33 Å². The number of fused-ring (bicyclic) bond motifs is 1. The van der Waals surface area contributed by atoms with Crippen LogP contribution in [0.1, 0.15) is 17.7 Å². The second-order valence-electron chi connectivity index (χ2n) is 4.16. The summed E-state index contributed by atoms with van der Waals surface area (Å²) in [4.78, 5) is 15.6. The number of nitrogens with one attached hydrogen (secondary N) is 1. The Labute approximate surface area is 114 Å². The molecule has 3 aromatic rings. The van der Waals surface area contributed by atoms with E-state index in [1.165, 1.54) is 5.56 Å². The van der Waals surface area contributed by atoms with E-state index in [9.17, 15) is 0 Å². The molecular formula is C13H13N5S. The number of H-pyrrole nitrogens is 1. The molecule has 19 heavy (non-hydrogen) atoms. The van der Waals surface area contributed by atoms with Crippen LogP contribution in [0.15, 0.2) is 41.7 Å². The molecule has 0 aliphatic heterocycles. The van der Waals surface area contributed by atoms with Gasteiger partial charge in [0.15, 0.2) is 5.65 Å². The average molecular weight is 271 g/mol. The standard InChI is InChI=1S/C13H13N5S/c1-8(9-5-3-2-4-6-9)19-12-10-11(16-7-15-10)17-13(14)18-12/h2-8H,1H3,(H3,14,15,16,17,18). The van der Waals surface area contributed by atoms with Gasteiger partial charge in [0.25, 0.3) is 0 Å². The SMILES string of the molecule is CC(Sc1nc(N)nc2nc[nH]c12)c1ccccc1. The maximum absolute atomic E-state index is 5.71. The van der Waals surface area contributed by atoms with Gasteiger partial charge in [-0.2, -0.15) is 4.98 Å². The van der Waals surface area contributed by atoms with Gasteiger partial charge < -0.3 is 10.7 Å². The number of rotatable bonds is 3. The third kappa shape index (κ3) is 2.39. The van der Waals surface area contributed by atoms with Crippen molar-refractivity contribution in [3.63, 3.8) is 0 Å². The van der Waals surface area contributed by atoms with Gasteiger partial charge in [-0.05, 0) is 12.5 Å². The van der Waals surface area contributed by atoms with E-state index < -0.39 is 0 Å². The molecule has 0 saturated heterocycles. The van der Waals surface area contributed by atoms with Gasteiger partial charge in [-0.15, -0.1) is 0 Å². The maximum atomic E-state index is 5.71. The number of hydrogen-bond acceptors (Lipinski definition) is 5. The zero-order valence-corrected chi connectivity index (χ0v) is 11.2. The first-order valence-electron chi connectivity index (χ1n) is 5.92. The highest BCUT2D eigenvalue weighted by Gasteiger charge is 2.13. The molecule has 0 bridgehead atoms. The first-order chi connectivity index (χ1) is 9.24. The number of anilines is 1. The Morgan fingerprint density at radius 3 is 2.79 bits per heavy atom. The molecule has 2 heterocycles. The highest BCUT2D eigenvalue weighted by Crippen LogP contribution is 2.36. The highest BCUT2D eigenvalue weighted by atomic mass is 32.2. The van der Waals surface area contributed by atoms with E-state index in [0.29, 0.717) is 5.65 Å². The van der Waals surface area contributed by atoms with E-state index in [1.54, 1.807) is 18.1 Å². The minimum atomic E-state index is 0.252. The lowest BCUT2D eigenvalue weighted by atomic mass is 10.2. The number of imidazole rings is 1. The number of nitrogen functional groups attached to an aromatic ring is 1. The molecule has 1 aromatic carbocycles. The highest BCUT2D eigenvalue weighted by molar-refractivity contribution is 7.99. The van der Waals surface area contributed by atoms with Crippen LogP contribution < -0.4 is 5.73 Å². The van der Waals surface area contributed by atoms with Gasteiger partial charge >= 0.3 is 0 Å². The van der Waals surface area contributed by atoms with Crippen LogP contribution in [-0.2, 0) is 0 Å². The van der Waals surface area contributed by atoms with Crippen LogP contribution in [0.3, 0.4) is 0 Å². The van der Waals surface area contributed by atoms with Crippen LogP contribution in [0.2, 0.25) is 0 Å². The Morgan fingerprint density at radius 2 is 2.00 bits per heavy atom. The molecule has 3 N–H and O–H groups in total. The van der Waals surface area contributed by atoms with Crippen molar-refractivity contribution in [2.24, 2.45) is 0 Å². The minimum Gasteiger partial charge on any atom is -0.368 e. The number of aromatic amines is 1. The number of benzene rings is 1. The molecule has 0 amide bonds. The molecule has 0 aliphatic rings. The summed E-state index contributed by atoms with van der Waals surface area (Å²) in [6.07, 6.45) is 1.61. The average Bonchev–Trinajstić information content (AvgIpc) is 2.88. The molecule has 0 spiro atoms. The lowest BCUT2D eigenvalue weighted by Gasteiger charge is -2.11. The summed E-state index contributed by atoms with van der Waals surface area (Å²) < 4.78 is 0. The summed E-state index contributed by atoms with van der Waals surface area (Å²) in [5, 5.41) is 1.11. The normalized spacial score (nSPS) is 12.7. The quantitative estimate of drug-likeness (QED) is 0.565. The molecule has 0 saturated carbocycles. The Bertz CT molecular complexity index is 695. The van der Waals surface area contributed by atoms with Crippen LogP contribution in [-0.4, -0.2) is 19.9 Å². The third-order valence-corrected chi connectivity index (χ3v) is 3.97. The van der Waals surface area contributed by atoms with Gasteiger partial charge in [0.1, 0.15) is 10.5 Å². The Hall–Kier alpha value is -2.08. The van der Waals surface area contributed by atoms with Gasteiger partial charge in [0, 0.05) is 5.25 Å². The molecule has 5 nitrogen and oxygen atoms in total. The van der Waals surface area contributed by atoms with Crippen molar-refractivity contribution in [2.45, 2.75) is 17.2 Å². The number of aromatic nitrogens is 4. The van der Waals surface area contributed by atoms with Crippen molar-refractivity contribution in [3.05, 3.63) is 42.2 Å². The van der Waals surface area contributed by atoms with Crippen molar-refractivity contribution in [3.8, 4) is 0 Å². The van der Waals surface area contributed by atoms with E-state index in [1.807, 2.05) is 18.2 Å². The van der Waals surface area contributed by atoms with Crippen LogP contribution in [0.4, 0.5) is 5.95 Å². The summed E-state index contributed by atoms with van der Waals surface area (Å²) in [6.45, 7) is 2.14. The monoisotopic (exact) mass is 271 g/mol. The minimum absolute atomic E-state index is 0.252. The van der Waals surface area contributed by atoms with Gasteiger partial charge in [-0.25, -0.2) is 9.97 Å². The smallest absolute Gasteiger partial charge is 0.223 e. The Morgan fingerprint density at radius 1 is 1.21 bits per heavy atom. The molecule has 3 rings (SSSR count). The predicted octanol–water partition coefficient (Wildman–Crippen LogP) is 2.79. The topological polar surface area (TPSA) is 80.5 Å². The lowest BCUT2D eigenvalue weighted by Crippen LogP contribution is -1.98. The fourth-order valence-electron chi connectivity index (χ4n) is 1.87. The summed E-state index contributed by atoms with van der Waals surface area (Å²) in [5.41, 5.74) is 8.40. The van der Waals surface area contributed by atoms with Crippen molar-refractivity contribution in [1.29, 1.82) is 0 Å². The van der Waals surface area contributed by atoms with E-state index in [4.69, 9.17) is 5.73 Å². The van der Waals surface area contributed by atoms with E-state index in [2.05, 4.69) is 39.0 Å².